The number of carbonyl (C=O) groups excluding carboxylic acids is 1. The van der Waals surface area contributed by atoms with Gasteiger partial charge in [-0.25, -0.2) is 4.68 Å². The summed E-state index contributed by atoms with van der Waals surface area (Å²) < 4.78 is 1.49. The minimum absolute atomic E-state index is 0.127. The number of nitrogens with one attached hydrogen (secondary N) is 2. The van der Waals surface area contributed by atoms with Crippen molar-refractivity contribution in [3.8, 4) is 11.4 Å². The highest BCUT2D eigenvalue weighted by Crippen LogP contribution is 2.40. The zero-order valence-corrected chi connectivity index (χ0v) is 19.2. The molecule has 0 radical (unpaired) electrons. The van der Waals surface area contributed by atoms with Gasteiger partial charge in [-0.3, -0.25) is 14.9 Å². The molecule has 0 aliphatic carbocycles. The molecule has 174 valence electrons. The Bertz CT molecular complexity index is 1480. The number of para-hydroxylation sites is 2. The Labute approximate surface area is 205 Å². The largest absolute Gasteiger partial charge is 0.328 e. The van der Waals surface area contributed by atoms with Crippen LogP contribution in [-0.4, -0.2) is 25.6 Å². The van der Waals surface area contributed by atoms with Gasteiger partial charge in [0.1, 0.15) is 6.04 Å². The lowest BCUT2D eigenvalue weighted by atomic mass is 9.93. The molecular formula is C25H19ClN6O3. The molecule has 2 N–H and O–H groups in total. The highest BCUT2D eigenvalue weighted by molar-refractivity contribution is 6.33. The van der Waals surface area contributed by atoms with Crippen LogP contribution in [0.3, 0.4) is 0 Å². The summed E-state index contributed by atoms with van der Waals surface area (Å²) in [6.45, 7) is 1.73. The number of hydrogen-bond donors (Lipinski definition) is 2. The number of rotatable bonds is 5. The molecule has 1 atom stereocenters. The second-order valence-corrected chi connectivity index (χ2v) is 8.29. The Balaban J connectivity index is 1.68. The van der Waals surface area contributed by atoms with Gasteiger partial charge in [0.2, 0.25) is 5.95 Å². The Kier molecular flexibility index (Phi) is 5.76. The minimum Gasteiger partial charge on any atom is -0.328 e. The van der Waals surface area contributed by atoms with Crippen LogP contribution >= 0.6 is 11.6 Å². The molecule has 35 heavy (non-hydrogen) atoms. The zero-order valence-electron chi connectivity index (χ0n) is 18.5. The zero-order chi connectivity index (χ0) is 24.5. The van der Waals surface area contributed by atoms with Gasteiger partial charge in [-0.15, -0.1) is 5.10 Å². The van der Waals surface area contributed by atoms with Gasteiger partial charge in [-0.05, 0) is 37.3 Å². The number of hydrogen-bond acceptors (Lipinski definition) is 6. The molecule has 5 rings (SSSR count). The van der Waals surface area contributed by atoms with Crippen LogP contribution in [0.4, 0.5) is 17.3 Å². The fourth-order valence-corrected chi connectivity index (χ4v) is 4.31. The van der Waals surface area contributed by atoms with Gasteiger partial charge in [0.05, 0.1) is 21.1 Å². The van der Waals surface area contributed by atoms with Crippen LogP contribution < -0.4 is 10.6 Å². The Morgan fingerprint density at radius 1 is 1.06 bits per heavy atom. The average Bonchev–Trinajstić information content (AvgIpc) is 3.27. The van der Waals surface area contributed by atoms with Gasteiger partial charge >= 0.3 is 0 Å². The number of nitro benzene ring substituents is 1. The molecule has 1 aliphatic rings. The van der Waals surface area contributed by atoms with Crippen molar-refractivity contribution in [3.63, 3.8) is 0 Å². The molecular weight excluding hydrogens is 468 g/mol. The first-order valence-corrected chi connectivity index (χ1v) is 11.1. The highest BCUT2D eigenvalue weighted by Gasteiger charge is 2.38. The smallest absolute Gasteiger partial charge is 0.275 e. The summed E-state index contributed by atoms with van der Waals surface area (Å²) in [5.41, 5.74) is 2.18. The van der Waals surface area contributed by atoms with Crippen molar-refractivity contribution in [3.05, 3.63) is 111 Å². The normalized spacial score (nSPS) is 14.7. The van der Waals surface area contributed by atoms with E-state index in [4.69, 9.17) is 11.6 Å². The van der Waals surface area contributed by atoms with Crippen molar-refractivity contribution in [1.82, 2.24) is 14.8 Å². The van der Waals surface area contributed by atoms with E-state index in [0.29, 0.717) is 39.3 Å². The molecule has 0 saturated heterocycles. The third-order valence-electron chi connectivity index (χ3n) is 5.67. The van der Waals surface area contributed by atoms with Crippen LogP contribution in [0.15, 0.2) is 90.1 Å². The minimum atomic E-state index is -0.903. The number of aromatic nitrogens is 3. The molecule has 0 bridgehead atoms. The number of amides is 1. The maximum atomic E-state index is 13.5. The van der Waals surface area contributed by atoms with Crippen LogP contribution in [0.2, 0.25) is 5.02 Å². The molecule has 1 aliphatic heterocycles. The van der Waals surface area contributed by atoms with Crippen molar-refractivity contribution >= 4 is 34.8 Å². The number of carbonyl (C=O) groups is 1. The van der Waals surface area contributed by atoms with Crippen LogP contribution in [0.1, 0.15) is 18.5 Å². The van der Waals surface area contributed by atoms with E-state index in [-0.39, 0.29) is 11.3 Å². The van der Waals surface area contributed by atoms with Gasteiger partial charge in [0.25, 0.3) is 11.6 Å². The van der Waals surface area contributed by atoms with E-state index in [1.54, 1.807) is 67.6 Å². The fourth-order valence-electron chi connectivity index (χ4n) is 4.09. The standard InChI is InChI=1S/C25H19ClN6O3/c1-15-21(24(33)28-16-9-3-2-4-10-16)22(18-12-6-8-14-20(18)32(34)35)31-25(27-15)29-23(30-31)17-11-5-7-13-19(17)26/h2-14,22H,1H3,(H,28,33)(H,27,29,30)/t22-/m1/s1. The summed E-state index contributed by atoms with van der Waals surface area (Å²) in [5, 5.41) is 23.0. The predicted molar refractivity (Wildman–Crippen MR) is 133 cm³/mol. The number of nitrogens with zero attached hydrogens (tertiary/aromatic N) is 4. The van der Waals surface area contributed by atoms with Crippen molar-refractivity contribution < 1.29 is 9.72 Å². The number of nitro groups is 1. The SMILES string of the molecule is CC1=C(C(=O)Nc2ccccc2)[C@@H](c2ccccc2[N+](=O)[O-])n2nc(-c3ccccc3Cl)nc2N1. The summed E-state index contributed by atoms with van der Waals surface area (Å²) in [7, 11) is 0. The van der Waals surface area contributed by atoms with E-state index in [2.05, 4.69) is 20.7 Å². The van der Waals surface area contributed by atoms with E-state index in [0.717, 1.165) is 0 Å². The Morgan fingerprint density at radius 2 is 1.74 bits per heavy atom. The lowest BCUT2D eigenvalue weighted by Gasteiger charge is -2.28. The second kappa shape index (κ2) is 9.03. The van der Waals surface area contributed by atoms with Crippen LogP contribution in [0, 0.1) is 10.1 Å². The molecule has 10 heteroatoms. The molecule has 1 amide bonds. The van der Waals surface area contributed by atoms with Crippen molar-refractivity contribution in [2.75, 3.05) is 10.6 Å². The first kappa shape index (κ1) is 22.3. The molecule has 9 nitrogen and oxygen atoms in total. The quantitative estimate of drug-likeness (QED) is 0.287. The number of allylic oxidation sites excluding steroid dienone is 1. The predicted octanol–water partition coefficient (Wildman–Crippen LogP) is 5.43. The molecule has 0 fully saturated rings. The van der Waals surface area contributed by atoms with E-state index in [1.807, 2.05) is 12.1 Å². The number of benzene rings is 3. The maximum Gasteiger partial charge on any atom is 0.275 e. The third-order valence-corrected chi connectivity index (χ3v) is 6.00. The second-order valence-electron chi connectivity index (χ2n) is 7.89. The van der Waals surface area contributed by atoms with Gasteiger partial charge < -0.3 is 10.6 Å². The summed E-state index contributed by atoms with van der Waals surface area (Å²) in [4.78, 5) is 29.5. The fraction of sp³-hybridized carbons (Fsp3) is 0.0800. The number of halogens is 1. The first-order valence-electron chi connectivity index (χ1n) is 10.7. The van der Waals surface area contributed by atoms with E-state index >= 15 is 0 Å². The van der Waals surface area contributed by atoms with E-state index in [1.165, 1.54) is 10.7 Å². The molecule has 0 unspecified atom stereocenters. The molecule has 0 saturated carbocycles. The number of anilines is 2. The van der Waals surface area contributed by atoms with Gasteiger partial charge in [-0.2, -0.15) is 4.98 Å². The van der Waals surface area contributed by atoms with E-state index in [9.17, 15) is 14.9 Å². The summed E-state index contributed by atoms with van der Waals surface area (Å²) >= 11 is 6.37. The van der Waals surface area contributed by atoms with Crippen LogP contribution in [0.25, 0.3) is 11.4 Å². The van der Waals surface area contributed by atoms with Crippen molar-refractivity contribution in [2.24, 2.45) is 0 Å². The molecule has 0 spiro atoms. The highest BCUT2D eigenvalue weighted by atomic mass is 35.5. The average molecular weight is 487 g/mol. The summed E-state index contributed by atoms with van der Waals surface area (Å²) in [6.07, 6.45) is 0. The van der Waals surface area contributed by atoms with Crippen molar-refractivity contribution in [1.29, 1.82) is 0 Å². The topological polar surface area (TPSA) is 115 Å². The third kappa shape index (κ3) is 4.13. The molecule has 2 heterocycles. The van der Waals surface area contributed by atoms with E-state index < -0.39 is 16.9 Å². The first-order chi connectivity index (χ1) is 16.9. The summed E-state index contributed by atoms with van der Waals surface area (Å²) in [5.74, 6) is 0.265. The number of fused-ring (bicyclic) bond motifs is 1. The van der Waals surface area contributed by atoms with Crippen molar-refractivity contribution in [2.45, 2.75) is 13.0 Å². The van der Waals surface area contributed by atoms with Crippen LogP contribution in [0.5, 0.6) is 0 Å². The van der Waals surface area contributed by atoms with Gasteiger partial charge in [-0.1, -0.05) is 54.1 Å². The summed E-state index contributed by atoms with van der Waals surface area (Å²) in [6, 6.07) is 21.5. The van der Waals surface area contributed by atoms with Gasteiger partial charge in [0.15, 0.2) is 5.82 Å². The molecule has 1 aromatic heterocycles. The lowest BCUT2D eigenvalue weighted by Crippen LogP contribution is -2.31. The maximum absolute atomic E-state index is 13.5. The Hall–Kier alpha value is -4.50. The molecule has 3 aromatic carbocycles. The molecule has 4 aromatic rings. The van der Waals surface area contributed by atoms with Crippen LogP contribution in [-0.2, 0) is 4.79 Å². The Morgan fingerprint density at radius 3 is 2.49 bits per heavy atom. The monoisotopic (exact) mass is 486 g/mol. The lowest BCUT2D eigenvalue weighted by molar-refractivity contribution is -0.385. The van der Waals surface area contributed by atoms with Gasteiger partial charge in [0, 0.05) is 23.0 Å².